The largest absolute Gasteiger partial charge is 0.314 e. The van der Waals surface area contributed by atoms with Gasteiger partial charge in [0.15, 0.2) is 5.13 Å². The van der Waals surface area contributed by atoms with Gasteiger partial charge in [0.25, 0.3) is 5.91 Å². The molecule has 0 radical (unpaired) electrons. The number of nitrogens with zero attached hydrogens (tertiary/aromatic N) is 3. The average molecular weight is 405 g/mol. The Bertz CT molecular complexity index is 1010. The lowest BCUT2D eigenvalue weighted by Gasteiger charge is -2.20. The van der Waals surface area contributed by atoms with Gasteiger partial charge in [0.1, 0.15) is 5.69 Å². The number of thiazole rings is 1. The molecule has 1 amide bonds. The maximum Gasteiger partial charge on any atom is 0.284 e. The van der Waals surface area contributed by atoms with E-state index in [1.54, 1.807) is 19.1 Å². The molecule has 0 saturated heterocycles. The molecule has 0 atom stereocenters. The smallest absolute Gasteiger partial charge is 0.284 e. The van der Waals surface area contributed by atoms with Crippen LogP contribution < -0.4 is 9.62 Å². The molecular formula is C18H20N4O3S2. The molecule has 2 rings (SSSR count). The molecule has 1 aromatic heterocycles. The van der Waals surface area contributed by atoms with Crippen LogP contribution in [-0.4, -0.2) is 32.1 Å². The Morgan fingerprint density at radius 3 is 2.48 bits per heavy atom. The lowest BCUT2D eigenvalue weighted by Crippen LogP contribution is -2.30. The van der Waals surface area contributed by atoms with Crippen molar-refractivity contribution in [3.63, 3.8) is 0 Å². The highest BCUT2D eigenvalue weighted by Crippen LogP contribution is 2.32. The Labute approximate surface area is 163 Å². The van der Waals surface area contributed by atoms with Crippen molar-refractivity contribution in [2.24, 2.45) is 0 Å². The Balaban J connectivity index is 2.44. The number of aromatic nitrogens is 1. The summed E-state index contributed by atoms with van der Waals surface area (Å²) in [4.78, 5) is 19.1. The monoisotopic (exact) mass is 404 g/mol. The topological polar surface area (TPSA) is 103 Å². The van der Waals surface area contributed by atoms with Gasteiger partial charge in [0.2, 0.25) is 10.0 Å². The van der Waals surface area contributed by atoms with Crippen LogP contribution in [0, 0.1) is 18.3 Å². The zero-order valence-corrected chi connectivity index (χ0v) is 17.1. The Hall–Kier alpha value is -2.70. The number of nitriles is 1. The molecule has 0 spiro atoms. The maximum atomic E-state index is 12.2. The molecular weight excluding hydrogens is 384 g/mol. The van der Waals surface area contributed by atoms with Gasteiger partial charge in [-0.15, -0.1) is 11.3 Å². The first kappa shape index (κ1) is 20.6. The first-order chi connectivity index (χ1) is 12.6. The minimum Gasteiger partial charge on any atom is -0.314 e. The first-order valence-electron chi connectivity index (χ1n) is 8.01. The molecule has 0 bridgehead atoms. The fourth-order valence-corrected chi connectivity index (χ4v) is 3.58. The highest BCUT2D eigenvalue weighted by atomic mass is 32.2. The van der Waals surface area contributed by atoms with Gasteiger partial charge < -0.3 is 4.90 Å². The van der Waals surface area contributed by atoms with Gasteiger partial charge >= 0.3 is 0 Å². The summed E-state index contributed by atoms with van der Waals surface area (Å²) in [6, 6.07) is 9.12. The molecule has 1 aromatic carbocycles. The lowest BCUT2D eigenvalue weighted by atomic mass is 10.2. The summed E-state index contributed by atoms with van der Waals surface area (Å²) in [5.74, 6) is -0.750. The molecule has 2 aromatic rings. The molecule has 1 N–H and O–H groups in total. The maximum absolute atomic E-state index is 12.2. The number of hydrogen-bond donors (Lipinski definition) is 1. The predicted octanol–water partition coefficient (Wildman–Crippen LogP) is 3.12. The Morgan fingerprint density at radius 1 is 1.33 bits per heavy atom. The van der Waals surface area contributed by atoms with Crippen molar-refractivity contribution in [1.29, 1.82) is 5.26 Å². The molecule has 27 heavy (non-hydrogen) atoms. The van der Waals surface area contributed by atoms with Gasteiger partial charge in [-0.1, -0.05) is 11.6 Å². The molecule has 9 heteroatoms. The molecule has 0 fully saturated rings. The third-order valence-corrected chi connectivity index (χ3v) is 5.05. The highest BCUT2D eigenvalue weighted by Gasteiger charge is 2.21. The minimum atomic E-state index is -3.67. The van der Waals surface area contributed by atoms with Crippen LogP contribution in [0.1, 0.15) is 34.8 Å². The van der Waals surface area contributed by atoms with Crippen LogP contribution >= 0.6 is 11.3 Å². The van der Waals surface area contributed by atoms with Crippen molar-refractivity contribution >= 4 is 38.1 Å². The number of amides is 1. The summed E-state index contributed by atoms with van der Waals surface area (Å²) in [6.07, 6.45) is 2.94. The van der Waals surface area contributed by atoms with Crippen LogP contribution in [0.25, 0.3) is 0 Å². The van der Waals surface area contributed by atoms with E-state index < -0.39 is 15.9 Å². The number of anilines is 2. The molecule has 0 unspecified atom stereocenters. The second-order valence-corrected chi connectivity index (χ2v) is 9.09. The standard InChI is InChI=1S/C18H20N4O3S2/c1-12(2)9-10-22(15-7-5-14(11-19)6-8-15)18-20-16(13(3)26-18)17(23)21-27(4,24)25/h5-9H,10H2,1-4H3,(H,21,23). The quantitative estimate of drug-likeness (QED) is 0.742. The summed E-state index contributed by atoms with van der Waals surface area (Å²) >= 11 is 1.30. The van der Waals surface area contributed by atoms with Crippen LogP contribution in [0.3, 0.4) is 0 Å². The van der Waals surface area contributed by atoms with Crippen molar-refractivity contribution in [2.75, 3.05) is 17.7 Å². The van der Waals surface area contributed by atoms with Crippen LogP contribution in [0.15, 0.2) is 35.9 Å². The van der Waals surface area contributed by atoms with Gasteiger partial charge in [-0.05, 0) is 45.0 Å². The molecule has 0 aliphatic heterocycles. The number of sulfonamides is 1. The molecule has 0 aliphatic carbocycles. The average Bonchev–Trinajstić information content (AvgIpc) is 2.95. The van der Waals surface area contributed by atoms with E-state index in [1.807, 2.05) is 41.7 Å². The van der Waals surface area contributed by atoms with Crippen molar-refractivity contribution < 1.29 is 13.2 Å². The lowest BCUT2D eigenvalue weighted by molar-refractivity contribution is 0.0977. The Morgan fingerprint density at radius 2 is 1.96 bits per heavy atom. The fourth-order valence-electron chi connectivity index (χ4n) is 2.21. The summed E-state index contributed by atoms with van der Waals surface area (Å²) in [7, 11) is -3.67. The van der Waals surface area contributed by atoms with Crippen molar-refractivity contribution in [3.05, 3.63) is 52.0 Å². The van der Waals surface area contributed by atoms with Crippen LogP contribution in [0.2, 0.25) is 0 Å². The zero-order chi connectivity index (χ0) is 20.2. The summed E-state index contributed by atoms with van der Waals surface area (Å²) in [5, 5.41) is 9.54. The summed E-state index contributed by atoms with van der Waals surface area (Å²) in [5.41, 5.74) is 2.56. The Kier molecular flexibility index (Phi) is 6.36. The van der Waals surface area contributed by atoms with E-state index in [1.165, 1.54) is 11.3 Å². The van der Waals surface area contributed by atoms with E-state index in [0.717, 1.165) is 17.5 Å². The molecule has 0 aliphatic rings. The van der Waals surface area contributed by atoms with E-state index in [-0.39, 0.29) is 5.69 Å². The number of allylic oxidation sites excluding steroid dienone is 1. The van der Waals surface area contributed by atoms with E-state index >= 15 is 0 Å². The normalized spacial score (nSPS) is 10.8. The van der Waals surface area contributed by atoms with Crippen LogP contribution in [0.4, 0.5) is 10.8 Å². The van der Waals surface area contributed by atoms with Gasteiger partial charge in [-0.25, -0.2) is 18.1 Å². The van der Waals surface area contributed by atoms with Gasteiger partial charge in [-0.2, -0.15) is 5.26 Å². The summed E-state index contributed by atoms with van der Waals surface area (Å²) < 4.78 is 24.6. The van der Waals surface area contributed by atoms with Crippen LogP contribution in [-0.2, 0) is 10.0 Å². The number of rotatable bonds is 6. The fraction of sp³-hybridized carbons (Fsp3) is 0.278. The molecule has 0 saturated carbocycles. The van der Waals surface area contributed by atoms with E-state index in [0.29, 0.717) is 22.1 Å². The predicted molar refractivity (Wildman–Crippen MR) is 107 cm³/mol. The molecule has 1 heterocycles. The van der Waals surface area contributed by atoms with Crippen molar-refractivity contribution in [3.8, 4) is 6.07 Å². The second kappa shape index (κ2) is 8.33. The van der Waals surface area contributed by atoms with Gasteiger partial charge in [0, 0.05) is 17.1 Å². The minimum absolute atomic E-state index is 0.0799. The molecule has 142 valence electrons. The number of aryl methyl sites for hydroxylation is 1. The number of carbonyl (C=O) groups excluding carboxylic acids is 1. The van der Waals surface area contributed by atoms with E-state index in [2.05, 4.69) is 11.1 Å². The van der Waals surface area contributed by atoms with E-state index in [9.17, 15) is 13.2 Å². The SMILES string of the molecule is CC(C)=CCN(c1ccc(C#N)cc1)c1nc(C(=O)NS(C)(=O)=O)c(C)s1. The van der Waals surface area contributed by atoms with Crippen molar-refractivity contribution in [1.82, 2.24) is 9.71 Å². The number of nitrogens with one attached hydrogen (secondary N) is 1. The third kappa shape index (κ3) is 5.64. The number of hydrogen-bond acceptors (Lipinski definition) is 7. The number of benzene rings is 1. The van der Waals surface area contributed by atoms with Crippen LogP contribution in [0.5, 0.6) is 0 Å². The zero-order valence-electron chi connectivity index (χ0n) is 15.5. The summed E-state index contributed by atoms with van der Waals surface area (Å²) in [6.45, 7) is 6.20. The van der Waals surface area contributed by atoms with Gasteiger partial charge in [0.05, 0.1) is 17.9 Å². The van der Waals surface area contributed by atoms with Gasteiger partial charge in [-0.3, -0.25) is 4.79 Å². The van der Waals surface area contributed by atoms with E-state index in [4.69, 9.17) is 5.26 Å². The first-order valence-corrected chi connectivity index (χ1v) is 10.7. The number of carbonyl (C=O) groups is 1. The third-order valence-electron chi connectivity index (χ3n) is 3.50. The molecule has 7 nitrogen and oxygen atoms in total. The second-order valence-electron chi connectivity index (χ2n) is 6.16. The van der Waals surface area contributed by atoms with Crippen molar-refractivity contribution in [2.45, 2.75) is 20.8 Å². The highest BCUT2D eigenvalue weighted by molar-refractivity contribution is 7.89.